The summed E-state index contributed by atoms with van der Waals surface area (Å²) in [5.74, 6) is -1.24. The number of halogens is 2. The molecule has 0 bridgehead atoms. The van der Waals surface area contributed by atoms with Crippen molar-refractivity contribution in [2.45, 2.75) is 18.4 Å². The molecule has 0 atom stereocenters. The first kappa shape index (κ1) is 15.5. The van der Waals surface area contributed by atoms with E-state index in [1.165, 1.54) is 24.4 Å². The van der Waals surface area contributed by atoms with Crippen molar-refractivity contribution in [3.63, 3.8) is 0 Å². The molecule has 0 unspecified atom stereocenters. The van der Waals surface area contributed by atoms with E-state index in [0.29, 0.717) is 6.42 Å². The van der Waals surface area contributed by atoms with Gasteiger partial charge in [0.1, 0.15) is 5.82 Å². The molecule has 4 nitrogen and oxygen atoms in total. The number of aromatic nitrogens is 1. The highest BCUT2D eigenvalue weighted by atomic mass is 32.2. The van der Waals surface area contributed by atoms with E-state index in [9.17, 15) is 17.2 Å². The molecule has 0 aliphatic carbocycles. The zero-order chi connectivity index (χ0) is 15.5. The predicted octanol–water partition coefficient (Wildman–Crippen LogP) is 2.19. The Hall–Kier alpha value is -1.86. The molecule has 0 amide bonds. The van der Waals surface area contributed by atoms with E-state index in [2.05, 4.69) is 9.71 Å². The summed E-state index contributed by atoms with van der Waals surface area (Å²) < 4.78 is 52.5. The van der Waals surface area contributed by atoms with Gasteiger partial charge in [0.2, 0.25) is 5.03 Å². The van der Waals surface area contributed by atoms with Crippen LogP contribution in [0, 0.1) is 18.6 Å². The Bertz CT molecular complexity index is 748. The highest BCUT2D eigenvalue weighted by molar-refractivity contribution is 7.89. The lowest BCUT2D eigenvalue weighted by Crippen LogP contribution is -2.27. The van der Waals surface area contributed by atoms with Gasteiger partial charge < -0.3 is 0 Å². The summed E-state index contributed by atoms with van der Waals surface area (Å²) in [6.07, 6.45) is 1.58. The first-order valence-corrected chi connectivity index (χ1v) is 7.73. The molecule has 0 aliphatic heterocycles. The van der Waals surface area contributed by atoms with Gasteiger partial charge >= 0.3 is 0 Å². The molecule has 21 heavy (non-hydrogen) atoms. The molecule has 0 spiro atoms. The minimum Gasteiger partial charge on any atom is -0.241 e. The first-order chi connectivity index (χ1) is 9.90. The van der Waals surface area contributed by atoms with Gasteiger partial charge in [0.15, 0.2) is 5.82 Å². The van der Waals surface area contributed by atoms with Gasteiger partial charge in [-0.3, -0.25) is 0 Å². The molecule has 2 aromatic rings. The number of aryl methyl sites for hydroxylation is 1. The Balaban J connectivity index is 2.04. The summed E-state index contributed by atoms with van der Waals surface area (Å²) in [7, 11) is -3.99. The molecular formula is C14H14F2N2O2S. The number of sulfonamides is 1. The lowest BCUT2D eigenvalue weighted by Gasteiger charge is -2.08. The molecular weight excluding hydrogens is 298 g/mol. The third-order valence-corrected chi connectivity index (χ3v) is 4.36. The predicted molar refractivity (Wildman–Crippen MR) is 74.2 cm³/mol. The maximum absolute atomic E-state index is 13.4. The topological polar surface area (TPSA) is 59.1 Å². The first-order valence-electron chi connectivity index (χ1n) is 6.25. The van der Waals surface area contributed by atoms with Crippen LogP contribution < -0.4 is 4.72 Å². The van der Waals surface area contributed by atoms with Gasteiger partial charge in [-0.2, -0.15) is 0 Å². The average molecular weight is 312 g/mol. The molecule has 112 valence electrons. The van der Waals surface area contributed by atoms with E-state index < -0.39 is 20.9 Å². The Labute approximate surface area is 121 Å². The largest absolute Gasteiger partial charge is 0.261 e. The van der Waals surface area contributed by atoms with Crippen molar-refractivity contribution in [2.75, 3.05) is 6.54 Å². The standard InChI is InChI=1S/C14H14F2N2O2S/c1-10-9-12(15)5-4-11(10)6-8-18-21(19,20)14-13(16)3-2-7-17-14/h2-5,7,9,18H,6,8H2,1H3. The summed E-state index contributed by atoms with van der Waals surface area (Å²) in [5.41, 5.74) is 1.55. The molecule has 1 heterocycles. The van der Waals surface area contributed by atoms with Crippen LogP contribution in [0.5, 0.6) is 0 Å². The van der Waals surface area contributed by atoms with Gasteiger partial charge in [0.25, 0.3) is 10.0 Å². The van der Waals surface area contributed by atoms with E-state index >= 15 is 0 Å². The van der Waals surface area contributed by atoms with Crippen molar-refractivity contribution in [3.05, 3.63) is 59.3 Å². The van der Waals surface area contributed by atoms with Gasteiger partial charge in [-0.05, 0) is 48.7 Å². The van der Waals surface area contributed by atoms with Gasteiger partial charge in [-0.25, -0.2) is 26.9 Å². The average Bonchev–Trinajstić information content (AvgIpc) is 2.41. The molecule has 7 heteroatoms. The van der Waals surface area contributed by atoms with Gasteiger partial charge in [0, 0.05) is 12.7 Å². The van der Waals surface area contributed by atoms with Crippen LogP contribution in [0.25, 0.3) is 0 Å². The normalized spacial score (nSPS) is 11.6. The molecule has 2 rings (SSSR count). The molecule has 0 fully saturated rings. The molecule has 1 aromatic carbocycles. The second-order valence-electron chi connectivity index (χ2n) is 4.51. The maximum Gasteiger partial charge on any atom is 0.261 e. The van der Waals surface area contributed by atoms with Crippen molar-refractivity contribution >= 4 is 10.0 Å². The lowest BCUT2D eigenvalue weighted by atomic mass is 10.1. The quantitative estimate of drug-likeness (QED) is 0.920. The van der Waals surface area contributed by atoms with E-state index in [4.69, 9.17) is 0 Å². The smallest absolute Gasteiger partial charge is 0.241 e. The van der Waals surface area contributed by atoms with Crippen LogP contribution in [0.4, 0.5) is 8.78 Å². The molecule has 0 radical (unpaired) electrons. The fourth-order valence-corrected chi connectivity index (χ4v) is 2.93. The Morgan fingerprint density at radius 2 is 2.00 bits per heavy atom. The zero-order valence-corrected chi connectivity index (χ0v) is 12.1. The van der Waals surface area contributed by atoms with E-state index in [1.54, 1.807) is 13.0 Å². The van der Waals surface area contributed by atoms with E-state index in [0.717, 1.165) is 17.2 Å². The van der Waals surface area contributed by atoms with Crippen LogP contribution in [-0.4, -0.2) is 19.9 Å². The minimum absolute atomic E-state index is 0.0742. The van der Waals surface area contributed by atoms with E-state index in [-0.39, 0.29) is 12.4 Å². The lowest BCUT2D eigenvalue weighted by molar-refractivity contribution is 0.544. The molecule has 1 N–H and O–H groups in total. The van der Waals surface area contributed by atoms with Crippen LogP contribution >= 0.6 is 0 Å². The Kier molecular flexibility index (Phi) is 4.64. The monoisotopic (exact) mass is 312 g/mol. The second-order valence-corrected chi connectivity index (χ2v) is 6.19. The molecule has 0 saturated carbocycles. The number of hydrogen-bond donors (Lipinski definition) is 1. The summed E-state index contributed by atoms with van der Waals surface area (Å²) in [4.78, 5) is 3.53. The number of nitrogens with one attached hydrogen (secondary N) is 1. The van der Waals surface area contributed by atoms with Crippen molar-refractivity contribution in [1.82, 2.24) is 9.71 Å². The van der Waals surface area contributed by atoms with Crippen LogP contribution in [-0.2, 0) is 16.4 Å². The highest BCUT2D eigenvalue weighted by Crippen LogP contribution is 2.12. The van der Waals surface area contributed by atoms with Crippen LogP contribution in [0.2, 0.25) is 0 Å². The van der Waals surface area contributed by atoms with E-state index in [1.807, 2.05) is 0 Å². The fraction of sp³-hybridized carbons (Fsp3) is 0.214. The number of pyridine rings is 1. The number of nitrogens with zero attached hydrogens (tertiary/aromatic N) is 1. The maximum atomic E-state index is 13.4. The van der Waals surface area contributed by atoms with Gasteiger partial charge in [0.05, 0.1) is 0 Å². The summed E-state index contributed by atoms with van der Waals surface area (Å²) in [6.45, 7) is 1.82. The highest BCUT2D eigenvalue weighted by Gasteiger charge is 2.19. The molecule has 1 aromatic heterocycles. The molecule has 0 saturated heterocycles. The minimum atomic E-state index is -3.99. The Morgan fingerprint density at radius 3 is 2.67 bits per heavy atom. The van der Waals surface area contributed by atoms with Crippen molar-refractivity contribution in [3.8, 4) is 0 Å². The number of benzene rings is 1. The van der Waals surface area contributed by atoms with Crippen molar-refractivity contribution < 1.29 is 17.2 Å². The van der Waals surface area contributed by atoms with Gasteiger partial charge in [-0.1, -0.05) is 6.07 Å². The second kappa shape index (κ2) is 6.28. The van der Waals surface area contributed by atoms with Crippen LogP contribution in [0.15, 0.2) is 41.6 Å². The zero-order valence-electron chi connectivity index (χ0n) is 11.3. The van der Waals surface area contributed by atoms with Crippen molar-refractivity contribution in [1.29, 1.82) is 0 Å². The van der Waals surface area contributed by atoms with Gasteiger partial charge in [-0.15, -0.1) is 0 Å². The fourth-order valence-electron chi connectivity index (χ4n) is 1.90. The molecule has 0 aliphatic rings. The summed E-state index contributed by atoms with van der Waals surface area (Å²) in [6, 6.07) is 6.64. The summed E-state index contributed by atoms with van der Waals surface area (Å²) in [5, 5.41) is -0.624. The van der Waals surface area contributed by atoms with Crippen molar-refractivity contribution in [2.24, 2.45) is 0 Å². The third kappa shape index (κ3) is 3.83. The number of hydrogen-bond acceptors (Lipinski definition) is 3. The van der Waals surface area contributed by atoms with Crippen LogP contribution in [0.3, 0.4) is 0 Å². The SMILES string of the molecule is Cc1cc(F)ccc1CCNS(=O)(=O)c1ncccc1F. The van der Waals surface area contributed by atoms with Crippen LogP contribution in [0.1, 0.15) is 11.1 Å². The third-order valence-electron chi connectivity index (χ3n) is 2.97. The summed E-state index contributed by atoms with van der Waals surface area (Å²) >= 11 is 0. The Morgan fingerprint density at radius 1 is 1.24 bits per heavy atom. The number of rotatable bonds is 5.